The Hall–Kier alpha value is -2.47. The Morgan fingerprint density at radius 3 is 2.86 bits per heavy atom. The normalized spacial score (nSPS) is 23.3. The van der Waals surface area contributed by atoms with E-state index >= 15 is 0 Å². The van der Waals surface area contributed by atoms with Gasteiger partial charge >= 0.3 is 0 Å². The van der Waals surface area contributed by atoms with Gasteiger partial charge in [-0.05, 0) is 37.0 Å². The molecule has 2 aliphatic rings. The monoisotopic (exact) mass is 379 g/mol. The Kier molecular flexibility index (Phi) is 5.86. The molecule has 6 heteroatoms. The van der Waals surface area contributed by atoms with Crippen LogP contribution in [0, 0.1) is 5.92 Å². The van der Waals surface area contributed by atoms with Crippen LogP contribution in [0.1, 0.15) is 38.3 Å². The Labute approximate surface area is 166 Å². The summed E-state index contributed by atoms with van der Waals surface area (Å²) in [7, 11) is 0. The minimum absolute atomic E-state index is 0.424. The number of aromatic nitrogens is 2. The number of benzene rings is 1. The van der Waals surface area contributed by atoms with E-state index in [2.05, 4.69) is 28.9 Å². The van der Waals surface area contributed by atoms with E-state index in [-0.39, 0.29) is 0 Å². The summed E-state index contributed by atoms with van der Waals surface area (Å²) in [4.78, 5) is 16.4. The number of nitrogens with zero attached hydrogens (tertiary/aromatic N) is 4. The molecule has 1 aliphatic heterocycles. The zero-order chi connectivity index (χ0) is 19.3. The van der Waals surface area contributed by atoms with E-state index in [1.807, 2.05) is 12.3 Å². The molecule has 2 heterocycles. The maximum Gasteiger partial charge on any atom is 0.0922 e. The molecule has 148 valence electrons. The molecule has 2 aromatic rings. The van der Waals surface area contributed by atoms with Gasteiger partial charge in [-0.2, -0.15) is 0 Å². The first-order chi connectivity index (χ1) is 13.8. The highest BCUT2D eigenvalue weighted by atomic mass is 16.5. The van der Waals surface area contributed by atoms with E-state index < -0.39 is 0 Å². The highest BCUT2D eigenvalue weighted by Crippen LogP contribution is 2.33. The molecule has 0 spiro atoms. The third kappa shape index (κ3) is 4.17. The first-order valence-electron chi connectivity index (χ1n) is 10.3. The van der Waals surface area contributed by atoms with Gasteiger partial charge in [0, 0.05) is 36.8 Å². The van der Waals surface area contributed by atoms with E-state index in [9.17, 15) is 0 Å². The van der Waals surface area contributed by atoms with Crippen LogP contribution in [-0.2, 0) is 4.74 Å². The molecule has 1 saturated carbocycles. The number of hydrogen-bond donors (Lipinski definition) is 1. The molecule has 1 aromatic heterocycles. The minimum atomic E-state index is 0.424. The van der Waals surface area contributed by atoms with Crippen LogP contribution in [0.2, 0.25) is 0 Å². The predicted octanol–water partition coefficient (Wildman–Crippen LogP) is 3.42. The van der Waals surface area contributed by atoms with Gasteiger partial charge in [-0.3, -0.25) is 9.98 Å². The number of hydrogen-bond acceptors (Lipinski definition) is 6. The van der Waals surface area contributed by atoms with Gasteiger partial charge in [-0.15, -0.1) is 0 Å². The molecule has 28 heavy (non-hydrogen) atoms. The second-order valence-corrected chi connectivity index (χ2v) is 7.71. The Morgan fingerprint density at radius 2 is 2.11 bits per heavy atom. The molecular weight excluding hydrogens is 350 g/mol. The van der Waals surface area contributed by atoms with Gasteiger partial charge in [0.25, 0.3) is 0 Å². The van der Waals surface area contributed by atoms with Crippen molar-refractivity contribution in [2.24, 2.45) is 16.6 Å². The number of aliphatic imine (C=N–C) groups is 1. The maximum atomic E-state index is 5.87. The van der Waals surface area contributed by atoms with E-state index in [0.29, 0.717) is 6.04 Å². The summed E-state index contributed by atoms with van der Waals surface area (Å²) < 4.78 is 5.45. The predicted molar refractivity (Wildman–Crippen MR) is 115 cm³/mol. The maximum absolute atomic E-state index is 5.87. The van der Waals surface area contributed by atoms with Crippen molar-refractivity contribution >= 4 is 28.5 Å². The number of morpholine rings is 1. The van der Waals surface area contributed by atoms with Gasteiger partial charge in [-0.1, -0.05) is 19.8 Å². The molecule has 0 unspecified atom stereocenters. The van der Waals surface area contributed by atoms with Gasteiger partial charge in [0.2, 0.25) is 0 Å². The average Bonchev–Trinajstić information content (AvgIpc) is 2.72. The SMILES string of the molecule is CCCC1CC(N=CC(=CN)c2cnc3ccc(N4CCOCC4)cc3n2)C1. The number of ether oxygens (including phenoxy) is 1. The van der Waals surface area contributed by atoms with Crippen molar-refractivity contribution in [3.05, 3.63) is 36.3 Å². The van der Waals surface area contributed by atoms with Crippen LogP contribution in [0.5, 0.6) is 0 Å². The average molecular weight is 380 g/mol. The number of rotatable bonds is 6. The highest BCUT2D eigenvalue weighted by molar-refractivity contribution is 6.09. The van der Waals surface area contributed by atoms with Gasteiger partial charge in [-0.25, -0.2) is 4.98 Å². The number of fused-ring (bicyclic) bond motifs is 1. The van der Waals surface area contributed by atoms with Gasteiger partial charge in [0.1, 0.15) is 0 Å². The number of anilines is 1. The Morgan fingerprint density at radius 1 is 1.29 bits per heavy atom. The van der Waals surface area contributed by atoms with Crippen LogP contribution in [-0.4, -0.2) is 48.5 Å². The summed E-state index contributed by atoms with van der Waals surface area (Å²) >= 11 is 0. The van der Waals surface area contributed by atoms with Crippen molar-refractivity contribution in [1.29, 1.82) is 0 Å². The fourth-order valence-electron chi connectivity index (χ4n) is 4.00. The first-order valence-corrected chi connectivity index (χ1v) is 10.3. The third-order valence-electron chi connectivity index (χ3n) is 5.71. The molecule has 4 rings (SSSR count). The Bertz CT molecular complexity index is 866. The largest absolute Gasteiger partial charge is 0.404 e. The summed E-state index contributed by atoms with van der Waals surface area (Å²) in [6, 6.07) is 6.66. The van der Waals surface area contributed by atoms with Crippen molar-refractivity contribution in [2.45, 2.75) is 38.6 Å². The topological polar surface area (TPSA) is 76.6 Å². The molecule has 2 fully saturated rings. The summed E-state index contributed by atoms with van der Waals surface area (Å²) in [5.74, 6) is 0.844. The molecule has 0 atom stereocenters. The second-order valence-electron chi connectivity index (χ2n) is 7.71. The molecule has 0 amide bonds. The van der Waals surface area contributed by atoms with Crippen molar-refractivity contribution in [2.75, 3.05) is 31.2 Å². The smallest absolute Gasteiger partial charge is 0.0922 e. The molecule has 0 bridgehead atoms. The molecule has 0 radical (unpaired) electrons. The number of nitrogens with two attached hydrogens (primary N) is 1. The summed E-state index contributed by atoms with van der Waals surface area (Å²) in [5, 5.41) is 0. The van der Waals surface area contributed by atoms with Crippen LogP contribution >= 0.6 is 0 Å². The lowest BCUT2D eigenvalue weighted by molar-refractivity contribution is 0.122. The molecule has 1 aliphatic carbocycles. The van der Waals surface area contributed by atoms with Crippen LogP contribution in [0.15, 0.2) is 35.6 Å². The second kappa shape index (κ2) is 8.69. The van der Waals surface area contributed by atoms with Crippen LogP contribution in [0.3, 0.4) is 0 Å². The van der Waals surface area contributed by atoms with Crippen molar-refractivity contribution < 1.29 is 4.74 Å². The minimum Gasteiger partial charge on any atom is -0.404 e. The highest BCUT2D eigenvalue weighted by Gasteiger charge is 2.27. The molecule has 6 nitrogen and oxygen atoms in total. The molecule has 1 saturated heterocycles. The van der Waals surface area contributed by atoms with Gasteiger partial charge < -0.3 is 15.4 Å². The van der Waals surface area contributed by atoms with Gasteiger partial charge in [0.05, 0.1) is 42.2 Å². The quantitative estimate of drug-likeness (QED) is 0.778. The lowest BCUT2D eigenvalue weighted by Crippen LogP contribution is -2.36. The summed E-state index contributed by atoms with van der Waals surface area (Å²) in [6.07, 6.45) is 10.2. The molecular formula is C22H29N5O. The Balaban J connectivity index is 1.50. The lowest BCUT2D eigenvalue weighted by atomic mass is 9.78. The van der Waals surface area contributed by atoms with E-state index in [1.54, 1.807) is 12.4 Å². The fraction of sp³-hybridized carbons (Fsp3) is 0.500. The van der Waals surface area contributed by atoms with Crippen molar-refractivity contribution in [3.8, 4) is 0 Å². The van der Waals surface area contributed by atoms with Crippen LogP contribution in [0.4, 0.5) is 5.69 Å². The fourth-order valence-corrected chi connectivity index (χ4v) is 4.00. The van der Waals surface area contributed by atoms with Crippen molar-refractivity contribution in [1.82, 2.24) is 9.97 Å². The van der Waals surface area contributed by atoms with E-state index in [4.69, 9.17) is 20.4 Å². The van der Waals surface area contributed by atoms with Gasteiger partial charge in [0.15, 0.2) is 0 Å². The zero-order valence-corrected chi connectivity index (χ0v) is 16.6. The summed E-state index contributed by atoms with van der Waals surface area (Å²) in [5.41, 5.74) is 10.4. The first kappa shape index (κ1) is 18.9. The van der Waals surface area contributed by atoms with E-state index in [1.165, 1.54) is 25.7 Å². The van der Waals surface area contributed by atoms with E-state index in [0.717, 1.165) is 60.2 Å². The number of allylic oxidation sites excluding steroid dienone is 1. The lowest BCUT2D eigenvalue weighted by Gasteiger charge is -2.32. The summed E-state index contributed by atoms with van der Waals surface area (Å²) in [6.45, 7) is 5.58. The molecule has 1 aromatic carbocycles. The van der Waals surface area contributed by atoms with Crippen molar-refractivity contribution in [3.63, 3.8) is 0 Å². The standard InChI is InChI=1S/C22H29N5O/c1-2-3-16-10-18(11-16)24-14-17(13-23)22-15-25-20-5-4-19(12-21(20)26-22)27-6-8-28-9-7-27/h4-5,12-16,18H,2-3,6-11,23H2,1H3. The van der Waals surface area contributed by atoms with Crippen LogP contribution < -0.4 is 10.6 Å². The van der Waals surface area contributed by atoms with Crippen LogP contribution in [0.25, 0.3) is 16.6 Å². The zero-order valence-electron chi connectivity index (χ0n) is 16.6. The molecule has 2 N–H and O–H groups in total. The third-order valence-corrected chi connectivity index (χ3v) is 5.71.